The lowest BCUT2D eigenvalue weighted by atomic mass is 9.74. The third-order valence-electron chi connectivity index (χ3n) is 4.94. The van der Waals surface area contributed by atoms with Crippen LogP contribution in [0.3, 0.4) is 0 Å². The fourth-order valence-electron chi connectivity index (χ4n) is 3.82. The molecule has 20 heavy (non-hydrogen) atoms. The summed E-state index contributed by atoms with van der Waals surface area (Å²) in [7, 11) is 0. The minimum Gasteiger partial charge on any atom is -0.375 e. The van der Waals surface area contributed by atoms with E-state index in [9.17, 15) is 0 Å². The highest BCUT2D eigenvalue weighted by Gasteiger charge is 2.40. The van der Waals surface area contributed by atoms with Crippen LogP contribution >= 0.6 is 0 Å². The van der Waals surface area contributed by atoms with Gasteiger partial charge in [-0.15, -0.1) is 0 Å². The summed E-state index contributed by atoms with van der Waals surface area (Å²) in [4.78, 5) is 8.66. The van der Waals surface area contributed by atoms with Gasteiger partial charge in [0, 0.05) is 12.8 Å². The van der Waals surface area contributed by atoms with Gasteiger partial charge in [-0.25, -0.2) is 9.97 Å². The predicted molar refractivity (Wildman–Crippen MR) is 78.2 cm³/mol. The van der Waals surface area contributed by atoms with Crippen LogP contribution in [-0.2, 0) is 4.74 Å². The monoisotopic (exact) mass is 275 g/mol. The third kappa shape index (κ3) is 2.86. The lowest BCUT2D eigenvalue weighted by Gasteiger charge is -2.44. The van der Waals surface area contributed by atoms with E-state index in [1.807, 2.05) is 19.2 Å². The molecule has 0 radical (unpaired) electrons. The van der Waals surface area contributed by atoms with E-state index >= 15 is 0 Å². The number of nitrogens with zero attached hydrogens (tertiary/aromatic N) is 2. The van der Waals surface area contributed by atoms with Crippen molar-refractivity contribution in [2.75, 3.05) is 6.61 Å². The van der Waals surface area contributed by atoms with Crippen LogP contribution in [0, 0.1) is 12.8 Å². The molecule has 1 aliphatic carbocycles. The summed E-state index contributed by atoms with van der Waals surface area (Å²) in [6.45, 7) is 2.77. The number of aromatic nitrogens is 2. The Bertz CT molecular complexity index is 451. The van der Waals surface area contributed by atoms with Crippen molar-refractivity contribution < 1.29 is 4.74 Å². The van der Waals surface area contributed by atoms with E-state index in [1.54, 1.807) is 0 Å². The molecule has 2 heterocycles. The molecule has 0 amide bonds. The van der Waals surface area contributed by atoms with E-state index < -0.39 is 0 Å². The van der Waals surface area contributed by atoms with E-state index in [1.165, 1.54) is 32.1 Å². The van der Waals surface area contributed by atoms with E-state index in [2.05, 4.69) is 9.97 Å². The molecule has 2 aliphatic rings. The van der Waals surface area contributed by atoms with Gasteiger partial charge in [-0.1, -0.05) is 19.3 Å². The van der Waals surface area contributed by atoms with Crippen molar-refractivity contribution >= 4 is 0 Å². The minimum absolute atomic E-state index is 0.0133. The largest absolute Gasteiger partial charge is 0.375 e. The zero-order valence-electron chi connectivity index (χ0n) is 12.3. The number of ether oxygens (including phenoxy) is 1. The number of hydrogen-bond donors (Lipinski definition) is 1. The van der Waals surface area contributed by atoms with Crippen molar-refractivity contribution in [2.24, 2.45) is 11.7 Å². The smallest absolute Gasteiger partial charge is 0.125 e. The summed E-state index contributed by atoms with van der Waals surface area (Å²) in [5, 5.41) is 0. The van der Waals surface area contributed by atoms with Crippen molar-refractivity contribution in [2.45, 2.75) is 63.5 Å². The predicted octanol–water partition coefficient (Wildman–Crippen LogP) is 2.91. The summed E-state index contributed by atoms with van der Waals surface area (Å²) < 4.78 is 6.16. The van der Waals surface area contributed by atoms with Crippen LogP contribution in [-0.4, -0.2) is 22.2 Å². The van der Waals surface area contributed by atoms with E-state index in [0.29, 0.717) is 5.92 Å². The Morgan fingerprint density at radius 2 is 2.15 bits per heavy atom. The molecule has 0 aromatic carbocycles. The summed E-state index contributed by atoms with van der Waals surface area (Å²) in [5.41, 5.74) is 7.58. The summed E-state index contributed by atoms with van der Waals surface area (Å²) in [5.74, 6) is 1.29. The molecule has 0 bridgehead atoms. The number of rotatable bonds is 2. The summed E-state index contributed by atoms with van der Waals surface area (Å²) >= 11 is 0. The highest BCUT2D eigenvalue weighted by atomic mass is 16.5. The van der Waals surface area contributed by atoms with Gasteiger partial charge >= 0.3 is 0 Å². The Kier molecular flexibility index (Phi) is 4.03. The average Bonchev–Trinajstić information content (AvgIpc) is 2.47. The standard InChI is InChI=1S/C16H25N3O/c1-12-18-9-5-14(19-12)15(17)13-6-10-20-16(11-13)7-3-2-4-8-16/h5,9,13,15H,2-4,6-8,10-11,17H2,1H3. The topological polar surface area (TPSA) is 61.0 Å². The van der Waals surface area contributed by atoms with Gasteiger partial charge in [0.05, 0.1) is 17.3 Å². The van der Waals surface area contributed by atoms with Gasteiger partial charge in [-0.2, -0.15) is 0 Å². The van der Waals surface area contributed by atoms with Crippen LogP contribution in [0.15, 0.2) is 12.3 Å². The van der Waals surface area contributed by atoms with Gasteiger partial charge in [0.15, 0.2) is 0 Å². The van der Waals surface area contributed by atoms with Crippen molar-refractivity contribution in [1.82, 2.24) is 9.97 Å². The molecule has 4 nitrogen and oxygen atoms in total. The molecule has 1 aromatic heterocycles. The molecule has 2 unspecified atom stereocenters. The Morgan fingerprint density at radius 3 is 2.90 bits per heavy atom. The van der Waals surface area contributed by atoms with Crippen molar-refractivity contribution in [3.05, 3.63) is 23.8 Å². The number of aryl methyl sites for hydroxylation is 1. The zero-order valence-corrected chi connectivity index (χ0v) is 12.3. The van der Waals surface area contributed by atoms with Crippen molar-refractivity contribution in [1.29, 1.82) is 0 Å². The van der Waals surface area contributed by atoms with Crippen LogP contribution in [0.5, 0.6) is 0 Å². The van der Waals surface area contributed by atoms with Gasteiger partial charge in [0.2, 0.25) is 0 Å². The normalized spacial score (nSPS) is 27.4. The molecule has 1 aromatic rings. The first kappa shape index (κ1) is 14.0. The summed E-state index contributed by atoms with van der Waals surface area (Å²) in [6, 6.07) is 1.97. The average molecular weight is 275 g/mol. The maximum Gasteiger partial charge on any atom is 0.125 e. The highest BCUT2D eigenvalue weighted by Crippen LogP contribution is 2.43. The van der Waals surface area contributed by atoms with E-state index in [4.69, 9.17) is 10.5 Å². The van der Waals surface area contributed by atoms with Crippen LogP contribution in [0.1, 0.15) is 62.5 Å². The third-order valence-corrected chi connectivity index (χ3v) is 4.94. The Labute approximate surface area is 121 Å². The Morgan fingerprint density at radius 1 is 1.35 bits per heavy atom. The molecule has 1 saturated heterocycles. The number of hydrogen-bond acceptors (Lipinski definition) is 4. The quantitative estimate of drug-likeness (QED) is 0.901. The second-order valence-corrected chi connectivity index (χ2v) is 6.40. The molecule has 4 heteroatoms. The van der Waals surface area contributed by atoms with E-state index in [0.717, 1.165) is 31.0 Å². The molecule has 110 valence electrons. The lowest BCUT2D eigenvalue weighted by molar-refractivity contribution is -0.120. The Balaban J connectivity index is 1.73. The molecular weight excluding hydrogens is 250 g/mol. The van der Waals surface area contributed by atoms with Gasteiger partial charge in [0.1, 0.15) is 5.82 Å². The molecule has 2 N–H and O–H groups in total. The number of nitrogens with two attached hydrogens (primary N) is 1. The Hall–Kier alpha value is -1.00. The van der Waals surface area contributed by atoms with Gasteiger partial charge < -0.3 is 10.5 Å². The maximum atomic E-state index is 6.48. The summed E-state index contributed by atoms with van der Waals surface area (Å²) in [6.07, 6.45) is 10.3. The highest BCUT2D eigenvalue weighted by molar-refractivity contribution is 5.09. The van der Waals surface area contributed by atoms with Crippen LogP contribution in [0.4, 0.5) is 0 Å². The molecule has 2 atom stereocenters. The minimum atomic E-state index is 0.0133. The zero-order chi connectivity index (χ0) is 14.0. The molecule has 1 aliphatic heterocycles. The first-order chi connectivity index (χ1) is 9.69. The second kappa shape index (κ2) is 5.78. The van der Waals surface area contributed by atoms with Gasteiger partial charge in [-0.3, -0.25) is 0 Å². The fraction of sp³-hybridized carbons (Fsp3) is 0.750. The first-order valence-corrected chi connectivity index (χ1v) is 7.88. The molecule has 3 rings (SSSR count). The van der Waals surface area contributed by atoms with Gasteiger partial charge in [-0.05, 0) is 44.6 Å². The van der Waals surface area contributed by atoms with Crippen LogP contribution < -0.4 is 5.73 Å². The van der Waals surface area contributed by atoms with Crippen molar-refractivity contribution in [3.63, 3.8) is 0 Å². The molecule has 2 fully saturated rings. The first-order valence-electron chi connectivity index (χ1n) is 7.88. The van der Waals surface area contributed by atoms with Crippen molar-refractivity contribution in [3.8, 4) is 0 Å². The molecular formula is C16H25N3O. The lowest BCUT2D eigenvalue weighted by Crippen LogP contribution is -2.44. The molecule has 1 spiro atoms. The maximum absolute atomic E-state index is 6.48. The fourth-order valence-corrected chi connectivity index (χ4v) is 3.82. The van der Waals surface area contributed by atoms with Gasteiger partial charge in [0.25, 0.3) is 0 Å². The van der Waals surface area contributed by atoms with E-state index in [-0.39, 0.29) is 11.6 Å². The second-order valence-electron chi connectivity index (χ2n) is 6.40. The SMILES string of the molecule is Cc1nccc(C(N)C2CCOC3(CCCCC3)C2)n1. The molecule has 1 saturated carbocycles. The van der Waals surface area contributed by atoms with Crippen LogP contribution in [0.25, 0.3) is 0 Å². The van der Waals surface area contributed by atoms with Crippen LogP contribution in [0.2, 0.25) is 0 Å².